The molecule has 0 radical (unpaired) electrons. The summed E-state index contributed by atoms with van der Waals surface area (Å²) in [5.74, 6) is 0.286. The highest BCUT2D eigenvalue weighted by molar-refractivity contribution is 5.95. The van der Waals surface area contributed by atoms with E-state index in [0.29, 0.717) is 12.5 Å². The fourth-order valence-corrected chi connectivity index (χ4v) is 3.03. The van der Waals surface area contributed by atoms with Gasteiger partial charge >= 0.3 is 0 Å². The molecule has 3 rings (SSSR count). The van der Waals surface area contributed by atoms with Crippen LogP contribution in [0.15, 0.2) is 24.3 Å². The second-order valence-corrected chi connectivity index (χ2v) is 5.26. The normalized spacial score (nSPS) is 22.2. The van der Waals surface area contributed by atoms with Crippen molar-refractivity contribution in [1.29, 1.82) is 0 Å². The molecule has 18 heavy (non-hydrogen) atoms. The molecule has 0 spiro atoms. The van der Waals surface area contributed by atoms with Gasteiger partial charge in [0.2, 0.25) is 5.91 Å². The standard InChI is InChI=1S/C15H20N2O/c18-15(8-7-13-5-3-10-16-13)17-11-9-12-4-1-2-6-14(12)17/h1-2,4,6,13,16H,3,5,7-11H2. The number of hydrogen-bond acceptors (Lipinski definition) is 2. The van der Waals surface area contributed by atoms with Gasteiger partial charge in [-0.15, -0.1) is 0 Å². The number of anilines is 1. The number of amides is 1. The maximum atomic E-state index is 12.3. The lowest BCUT2D eigenvalue weighted by Crippen LogP contribution is -2.31. The van der Waals surface area contributed by atoms with Crippen molar-refractivity contribution in [1.82, 2.24) is 5.32 Å². The van der Waals surface area contributed by atoms with E-state index in [4.69, 9.17) is 0 Å². The van der Waals surface area contributed by atoms with Crippen molar-refractivity contribution in [2.24, 2.45) is 0 Å². The number of hydrogen-bond donors (Lipinski definition) is 1. The number of rotatable bonds is 3. The second kappa shape index (κ2) is 5.11. The largest absolute Gasteiger partial charge is 0.314 e. The first-order valence-corrected chi connectivity index (χ1v) is 6.96. The molecule has 1 N–H and O–H groups in total. The highest BCUT2D eigenvalue weighted by Crippen LogP contribution is 2.28. The van der Waals surface area contributed by atoms with Crippen molar-refractivity contribution >= 4 is 11.6 Å². The predicted octanol–water partition coefficient (Wildman–Crippen LogP) is 2.11. The molecule has 0 bridgehead atoms. The van der Waals surface area contributed by atoms with E-state index >= 15 is 0 Å². The average molecular weight is 244 g/mol. The van der Waals surface area contributed by atoms with Crippen LogP contribution in [0.2, 0.25) is 0 Å². The summed E-state index contributed by atoms with van der Waals surface area (Å²) in [6, 6.07) is 8.82. The zero-order chi connectivity index (χ0) is 12.4. The Hall–Kier alpha value is -1.35. The molecule has 1 fully saturated rings. The minimum atomic E-state index is 0.286. The smallest absolute Gasteiger partial charge is 0.227 e. The van der Waals surface area contributed by atoms with Gasteiger partial charge in [-0.3, -0.25) is 4.79 Å². The molecule has 3 heteroatoms. The molecule has 1 aromatic carbocycles. The van der Waals surface area contributed by atoms with Crippen molar-refractivity contribution in [3.05, 3.63) is 29.8 Å². The monoisotopic (exact) mass is 244 g/mol. The number of nitrogens with zero attached hydrogens (tertiary/aromatic N) is 1. The molecule has 1 amide bonds. The molecule has 1 atom stereocenters. The first-order valence-electron chi connectivity index (χ1n) is 6.96. The molecule has 3 nitrogen and oxygen atoms in total. The van der Waals surface area contributed by atoms with Gasteiger partial charge < -0.3 is 10.2 Å². The minimum absolute atomic E-state index is 0.286. The Morgan fingerprint density at radius 1 is 1.39 bits per heavy atom. The van der Waals surface area contributed by atoms with Crippen LogP contribution < -0.4 is 10.2 Å². The van der Waals surface area contributed by atoms with E-state index in [-0.39, 0.29) is 5.91 Å². The topological polar surface area (TPSA) is 32.3 Å². The van der Waals surface area contributed by atoms with Crippen molar-refractivity contribution < 1.29 is 4.79 Å². The van der Waals surface area contributed by atoms with E-state index in [9.17, 15) is 4.79 Å². The van der Waals surface area contributed by atoms with E-state index in [0.717, 1.165) is 31.6 Å². The van der Waals surface area contributed by atoms with Crippen molar-refractivity contribution in [2.75, 3.05) is 18.0 Å². The van der Waals surface area contributed by atoms with Crippen LogP contribution in [-0.2, 0) is 11.2 Å². The van der Waals surface area contributed by atoms with Crippen LogP contribution in [0.4, 0.5) is 5.69 Å². The van der Waals surface area contributed by atoms with E-state index in [2.05, 4.69) is 23.5 Å². The SMILES string of the molecule is O=C(CCC1CCCN1)N1CCc2ccccc21. The maximum absolute atomic E-state index is 12.3. The first-order chi connectivity index (χ1) is 8.84. The summed E-state index contributed by atoms with van der Waals surface area (Å²) in [5, 5.41) is 3.45. The zero-order valence-corrected chi connectivity index (χ0v) is 10.7. The predicted molar refractivity (Wildman–Crippen MR) is 72.8 cm³/mol. The molecule has 2 heterocycles. The molecular weight excluding hydrogens is 224 g/mol. The Morgan fingerprint density at radius 3 is 3.11 bits per heavy atom. The van der Waals surface area contributed by atoms with Gasteiger partial charge in [0.25, 0.3) is 0 Å². The minimum Gasteiger partial charge on any atom is -0.314 e. The average Bonchev–Trinajstić information content (AvgIpc) is 3.05. The van der Waals surface area contributed by atoms with Crippen LogP contribution in [-0.4, -0.2) is 25.0 Å². The van der Waals surface area contributed by atoms with Crippen LogP contribution in [0, 0.1) is 0 Å². The van der Waals surface area contributed by atoms with E-state index in [1.54, 1.807) is 0 Å². The summed E-state index contributed by atoms with van der Waals surface area (Å²) in [7, 11) is 0. The van der Waals surface area contributed by atoms with Crippen molar-refractivity contribution in [2.45, 2.75) is 38.1 Å². The van der Waals surface area contributed by atoms with Gasteiger partial charge in [-0.05, 0) is 43.9 Å². The van der Waals surface area contributed by atoms with Crippen LogP contribution in [0.3, 0.4) is 0 Å². The van der Waals surface area contributed by atoms with E-state index < -0.39 is 0 Å². The lowest BCUT2D eigenvalue weighted by Gasteiger charge is -2.18. The van der Waals surface area contributed by atoms with Crippen LogP contribution in [0.1, 0.15) is 31.2 Å². The summed E-state index contributed by atoms with van der Waals surface area (Å²) in [6.45, 7) is 1.97. The third-order valence-electron chi connectivity index (χ3n) is 4.06. The molecule has 0 aromatic heterocycles. The van der Waals surface area contributed by atoms with Crippen LogP contribution in [0.25, 0.3) is 0 Å². The van der Waals surface area contributed by atoms with E-state index in [1.807, 2.05) is 11.0 Å². The van der Waals surface area contributed by atoms with Gasteiger partial charge in [0, 0.05) is 24.7 Å². The van der Waals surface area contributed by atoms with Gasteiger partial charge in [-0.2, -0.15) is 0 Å². The second-order valence-electron chi connectivity index (χ2n) is 5.26. The Bertz CT molecular complexity index is 438. The fraction of sp³-hybridized carbons (Fsp3) is 0.533. The number of para-hydroxylation sites is 1. The maximum Gasteiger partial charge on any atom is 0.227 e. The molecular formula is C15H20N2O. The Balaban J connectivity index is 1.60. The van der Waals surface area contributed by atoms with Crippen molar-refractivity contribution in [3.8, 4) is 0 Å². The first kappa shape index (κ1) is 11.7. The summed E-state index contributed by atoms with van der Waals surface area (Å²) >= 11 is 0. The summed E-state index contributed by atoms with van der Waals surface area (Å²) in [6.07, 6.45) is 5.14. The van der Waals surface area contributed by atoms with Crippen molar-refractivity contribution in [3.63, 3.8) is 0 Å². The molecule has 1 saturated heterocycles. The third kappa shape index (κ3) is 2.27. The Morgan fingerprint density at radius 2 is 2.28 bits per heavy atom. The fourth-order valence-electron chi connectivity index (χ4n) is 3.03. The number of carbonyl (C=O) groups excluding carboxylic acids is 1. The highest BCUT2D eigenvalue weighted by Gasteiger charge is 2.24. The number of benzene rings is 1. The summed E-state index contributed by atoms with van der Waals surface area (Å²) < 4.78 is 0. The number of carbonyl (C=O) groups is 1. The molecule has 0 aliphatic carbocycles. The van der Waals surface area contributed by atoms with Gasteiger partial charge in [0.15, 0.2) is 0 Å². The summed E-state index contributed by atoms with van der Waals surface area (Å²) in [5.41, 5.74) is 2.44. The molecule has 2 aliphatic heterocycles. The van der Waals surface area contributed by atoms with Gasteiger partial charge in [-0.1, -0.05) is 18.2 Å². The molecule has 96 valence electrons. The van der Waals surface area contributed by atoms with Crippen LogP contribution in [0.5, 0.6) is 0 Å². The molecule has 0 saturated carbocycles. The van der Waals surface area contributed by atoms with Crippen LogP contribution >= 0.6 is 0 Å². The Kier molecular flexibility index (Phi) is 3.33. The highest BCUT2D eigenvalue weighted by atomic mass is 16.2. The number of nitrogens with one attached hydrogen (secondary N) is 1. The van der Waals surface area contributed by atoms with Gasteiger partial charge in [-0.25, -0.2) is 0 Å². The summed E-state index contributed by atoms with van der Waals surface area (Å²) in [4.78, 5) is 14.2. The lowest BCUT2D eigenvalue weighted by molar-refractivity contribution is -0.118. The zero-order valence-electron chi connectivity index (χ0n) is 10.7. The van der Waals surface area contributed by atoms with E-state index in [1.165, 1.54) is 18.4 Å². The Labute approximate surface area is 108 Å². The van der Waals surface area contributed by atoms with Gasteiger partial charge in [0.1, 0.15) is 0 Å². The number of fused-ring (bicyclic) bond motifs is 1. The molecule has 1 unspecified atom stereocenters. The molecule has 1 aromatic rings. The molecule has 2 aliphatic rings. The quantitative estimate of drug-likeness (QED) is 0.883. The third-order valence-corrected chi connectivity index (χ3v) is 4.06. The van der Waals surface area contributed by atoms with Gasteiger partial charge in [0.05, 0.1) is 0 Å². The lowest BCUT2D eigenvalue weighted by atomic mass is 10.1.